The SMILES string of the molecule is C1CSCC2(COC2)N1. The summed E-state index contributed by atoms with van der Waals surface area (Å²) >= 11 is 2.04. The molecule has 0 amide bonds. The molecule has 2 fully saturated rings. The predicted molar refractivity (Wildman–Crippen MR) is 38.9 cm³/mol. The zero-order valence-electron chi connectivity index (χ0n) is 5.35. The lowest BCUT2D eigenvalue weighted by Gasteiger charge is -2.44. The summed E-state index contributed by atoms with van der Waals surface area (Å²) in [4.78, 5) is 0. The molecule has 1 spiro atoms. The van der Waals surface area contributed by atoms with Crippen LogP contribution in [0.1, 0.15) is 0 Å². The number of hydrogen-bond donors (Lipinski definition) is 1. The van der Waals surface area contributed by atoms with Crippen molar-refractivity contribution in [1.82, 2.24) is 5.32 Å². The molecule has 2 heterocycles. The van der Waals surface area contributed by atoms with Gasteiger partial charge in [0, 0.05) is 18.1 Å². The average molecular weight is 145 g/mol. The molecule has 3 heteroatoms. The van der Waals surface area contributed by atoms with Gasteiger partial charge in [-0.05, 0) is 0 Å². The fourth-order valence-corrected chi connectivity index (χ4v) is 2.29. The maximum atomic E-state index is 5.14. The van der Waals surface area contributed by atoms with Gasteiger partial charge in [0.1, 0.15) is 0 Å². The van der Waals surface area contributed by atoms with E-state index >= 15 is 0 Å². The third-order valence-electron chi connectivity index (χ3n) is 1.88. The third kappa shape index (κ3) is 0.974. The highest BCUT2D eigenvalue weighted by molar-refractivity contribution is 7.99. The fourth-order valence-electron chi connectivity index (χ4n) is 1.24. The van der Waals surface area contributed by atoms with Gasteiger partial charge in [0.05, 0.1) is 18.8 Å². The Bertz CT molecular complexity index is 106. The number of thioether (sulfide) groups is 1. The van der Waals surface area contributed by atoms with E-state index in [1.807, 2.05) is 11.8 Å². The summed E-state index contributed by atoms with van der Waals surface area (Å²) in [7, 11) is 0. The minimum absolute atomic E-state index is 0.392. The topological polar surface area (TPSA) is 21.3 Å². The van der Waals surface area contributed by atoms with Crippen LogP contribution in [0.25, 0.3) is 0 Å². The van der Waals surface area contributed by atoms with Crippen LogP contribution in [0.3, 0.4) is 0 Å². The number of hydrogen-bond acceptors (Lipinski definition) is 3. The van der Waals surface area contributed by atoms with Crippen molar-refractivity contribution in [1.29, 1.82) is 0 Å². The average Bonchev–Trinajstić information content (AvgIpc) is 1.87. The Morgan fingerprint density at radius 2 is 2.33 bits per heavy atom. The van der Waals surface area contributed by atoms with Gasteiger partial charge in [-0.2, -0.15) is 11.8 Å². The van der Waals surface area contributed by atoms with Crippen molar-refractivity contribution >= 4 is 11.8 Å². The van der Waals surface area contributed by atoms with E-state index in [2.05, 4.69) is 5.32 Å². The smallest absolute Gasteiger partial charge is 0.0745 e. The Kier molecular flexibility index (Phi) is 1.43. The highest BCUT2D eigenvalue weighted by Crippen LogP contribution is 2.24. The molecule has 0 aromatic rings. The van der Waals surface area contributed by atoms with Gasteiger partial charge in [-0.3, -0.25) is 0 Å². The van der Waals surface area contributed by atoms with Gasteiger partial charge in [-0.15, -0.1) is 0 Å². The van der Waals surface area contributed by atoms with Gasteiger partial charge in [-0.25, -0.2) is 0 Å². The largest absolute Gasteiger partial charge is 0.377 e. The van der Waals surface area contributed by atoms with Crippen molar-refractivity contribution < 1.29 is 4.74 Å². The van der Waals surface area contributed by atoms with E-state index in [0.717, 1.165) is 19.8 Å². The standard InChI is InChI=1S/C6H11NOS/c1-2-9-5-6(7-1)3-8-4-6/h7H,1-5H2. The molecule has 0 atom stereocenters. The minimum atomic E-state index is 0.392. The molecule has 0 radical (unpaired) electrons. The van der Waals surface area contributed by atoms with Crippen LogP contribution in [-0.4, -0.2) is 36.8 Å². The summed E-state index contributed by atoms with van der Waals surface area (Å²) in [6.45, 7) is 3.02. The molecule has 2 aliphatic heterocycles. The Morgan fingerprint density at radius 1 is 1.44 bits per heavy atom. The van der Waals surface area contributed by atoms with Crippen LogP contribution in [-0.2, 0) is 4.74 Å². The van der Waals surface area contributed by atoms with Crippen LogP contribution in [0, 0.1) is 0 Å². The van der Waals surface area contributed by atoms with Gasteiger partial charge >= 0.3 is 0 Å². The zero-order valence-corrected chi connectivity index (χ0v) is 6.17. The lowest BCUT2D eigenvalue weighted by atomic mass is 10.0. The van der Waals surface area contributed by atoms with Gasteiger partial charge in [0.25, 0.3) is 0 Å². The Balaban J connectivity index is 1.93. The maximum Gasteiger partial charge on any atom is 0.0745 e. The molecule has 0 aromatic carbocycles. The van der Waals surface area contributed by atoms with Crippen molar-refractivity contribution in [3.8, 4) is 0 Å². The molecule has 2 rings (SSSR count). The van der Waals surface area contributed by atoms with Crippen molar-refractivity contribution in [2.24, 2.45) is 0 Å². The molecule has 1 N–H and O–H groups in total. The molecule has 2 aliphatic rings. The molecule has 2 saturated heterocycles. The first-order valence-corrected chi connectivity index (χ1v) is 4.47. The van der Waals surface area contributed by atoms with E-state index in [1.165, 1.54) is 11.5 Å². The molecular formula is C6H11NOS. The molecule has 0 aliphatic carbocycles. The second-order valence-corrected chi connectivity index (χ2v) is 3.86. The van der Waals surface area contributed by atoms with Gasteiger partial charge in [-0.1, -0.05) is 0 Å². The summed E-state index contributed by atoms with van der Waals surface area (Å²) < 4.78 is 5.14. The van der Waals surface area contributed by atoms with E-state index in [0.29, 0.717) is 5.54 Å². The Morgan fingerprint density at radius 3 is 2.67 bits per heavy atom. The molecule has 0 unspecified atom stereocenters. The monoisotopic (exact) mass is 145 g/mol. The van der Waals surface area contributed by atoms with E-state index in [-0.39, 0.29) is 0 Å². The van der Waals surface area contributed by atoms with Crippen LogP contribution in [0.4, 0.5) is 0 Å². The fraction of sp³-hybridized carbons (Fsp3) is 1.00. The van der Waals surface area contributed by atoms with E-state index < -0.39 is 0 Å². The highest BCUT2D eigenvalue weighted by atomic mass is 32.2. The molecule has 0 saturated carbocycles. The molecule has 0 aromatic heterocycles. The number of nitrogens with one attached hydrogen (secondary N) is 1. The lowest BCUT2D eigenvalue weighted by Crippen LogP contribution is -2.64. The quantitative estimate of drug-likeness (QED) is 0.522. The molecule has 0 bridgehead atoms. The summed E-state index contributed by atoms with van der Waals surface area (Å²) in [5.74, 6) is 2.51. The van der Waals surface area contributed by atoms with Gasteiger partial charge < -0.3 is 10.1 Å². The lowest BCUT2D eigenvalue weighted by molar-refractivity contribution is -0.0615. The van der Waals surface area contributed by atoms with Crippen molar-refractivity contribution in [2.75, 3.05) is 31.3 Å². The summed E-state index contributed by atoms with van der Waals surface area (Å²) in [6.07, 6.45) is 0. The second kappa shape index (κ2) is 2.15. The van der Waals surface area contributed by atoms with Crippen molar-refractivity contribution in [3.63, 3.8) is 0 Å². The summed E-state index contributed by atoms with van der Waals surface area (Å²) in [5.41, 5.74) is 0.392. The van der Waals surface area contributed by atoms with Crippen LogP contribution in [0.2, 0.25) is 0 Å². The van der Waals surface area contributed by atoms with E-state index in [1.54, 1.807) is 0 Å². The molecule has 52 valence electrons. The molecular weight excluding hydrogens is 134 g/mol. The van der Waals surface area contributed by atoms with Crippen molar-refractivity contribution in [2.45, 2.75) is 5.54 Å². The minimum Gasteiger partial charge on any atom is -0.377 e. The van der Waals surface area contributed by atoms with Crippen molar-refractivity contribution in [3.05, 3.63) is 0 Å². The zero-order chi connectivity index (χ0) is 6.16. The Labute approximate surface area is 59.3 Å². The normalized spacial score (nSPS) is 32.0. The number of rotatable bonds is 0. The van der Waals surface area contributed by atoms with E-state index in [9.17, 15) is 0 Å². The predicted octanol–water partition coefficient (Wildman–Crippen LogP) is 0.0918. The Hall–Kier alpha value is 0.270. The van der Waals surface area contributed by atoms with Crippen LogP contribution < -0.4 is 5.32 Å². The third-order valence-corrected chi connectivity index (χ3v) is 3.13. The first-order chi connectivity index (χ1) is 4.41. The molecule has 9 heavy (non-hydrogen) atoms. The van der Waals surface area contributed by atoms with Crippen LogP contribution in [0.5, 0.6) is 0 Å². The highest BCUT2D eigenvalue weighted by Gasteiger charge is 2.39. The van der Waals surface area contributed by atoms with Crippen LogP contribution in [0.15, 0.2) is 0 Å². The summed E-state index contributed by atoms with van der Waals surface area (Å²) in [6, 6.07) is 0. The summed E-state index contributed by atoms with van der Waals surface area (Å²) in [5, 5.41) is 3.49. The molecule has 2 nitrogen and oxygen atoms in total. The van der Waals surface area contributed by atoms with Gasteiger partial charge in [0.15, 0.2) is 0 Å². The second-order valence-electron chi connectivity index (χ2n) is 2.75. The van der Waals surface area contributed by atoms with Crippen LogP contribution >= 0.6 is 11.8 Å². The first-order valence-electron chi connectivity index (χ1n) is 3.32. The van der Waals surface area contributed by atoms with E-state index in [4.69, 9.17) is 4.74 Å². The van der Waals surface area contributed by atoms with Gasteiger partial charge in [0.2, 0.25) is 0 Å². The number of ether oxygens (including phenoxy) is 1. The maximum absolute atomic E-state index is 5.14. The first kappa shape index (κ1) is 6.01.